The molecule has 2 aromatic carbocycles. The lowest BCUT2D eigenvalue weighted by molar-refractivity contribution is 0.0712. The molecule has 4 aromatic rings. The summed E-state index contributed by atoms with van der Waals surface area (Å²) < 4.78 is 11.2. The molecule has 6 rings (SSSR count). The van der Waals surface area contributed by atoms with Gasteiger partial charge in [-0.25, -0.2) is 0 Å². The van der Waals surface area contributed by atoms with E-state index in [4.69, 9.17) is 9.26 Å². The maximum absolute atomic E-state index is 13.1. The van der Waals surface area contributed by atoms with E-state index in [9.17, 15) is 4.79 Å². The monoisotopic (exact) mass is 528 g/mol. The third-order valence-corrected chi connectivity index (χ3v) is 6.94. The van der Waals surface area contributed by atoms with Crippen molar-refractivity contribution in [3.63, 3.8) is 0 Å². The summed E-state index contributed by atoms with van der Waals surface area (Å²) in [5.41, 5.74) is 0.908. The molecule has 202 valence electrons. The molecule has 0 radical (unpaired) electrons. The normalized spacial score (nSPS) is 19.0. The number of fused-ring (bicyclic) bond motifs is 1. The summed E-state index contributed by atoms with van der Waals surface area (Å²) in [6.45, 7) is 5.98. The van der Waals surface area contributed by atoms with Crippen molar-refractivity contribution in [3.05, 3.63) is 66.6 Å². The molecule has 3 heterocycles. The number of hydrogen-bond acceptors (Lipinski definition) is 10. The predicted molar refractivity (Wildman–Crippen MR) is 147 cm³/mol. The zero-order valence-electron chi connectivity index (χ0n) is 22.5. The molecule has 11 nitrogen and oxygen atoms in total. The summed E-state index contributed by atoms with van der Waals surface area (Å²) in [4.78, 5) is 34.3. The lowest BCUT2D eigenvalue weighted by Crippen LogP contribution is -2.32. The summed E-state index contributed by atoms with van der Waals surface area (Å²) in [5, 5.41) is 6.92. The number of benzene rings is 2. The molecule has 1 saturated heterocycles. The van der Waals surface area contributed by atoms with Crippen molar-refractivity contribution in [1.29, 1.82) is 0 Å². The highest BCUT2D eigenvalue weighted by Gasteiger charge is 2.57. The first-order valence-corrected chi connectivity index (χ1v) is 13.1. The van der Waals surface area contributed by atoms with Crippen LogP contribution in [0.2, 0.25) is 0 Å². The quantitative estimate of drug-likeness (QED) is 0.357. The second-order valence-electron chi connectivity index (χ2n) is 9.18. The molecule has 1 N–H and O–H groups in total. The Morgan fingerprint density at radius 1 is 0.974 bits per heavy atom. The smallest absolute Gasteiger partial charge is 0.316 e. The first kappa shape index (κ1) is 26.1. The zero-order chi connectivity index (χ0) is 27.4. The van der Waals surface area contributed by atoms with Crippen molar-refractivity contribution in [2.75, 3.05) is 44.0 Å². The van der Waals surface area contributed by atoms with Gasteiger partial charge in [0.25, 0.3) is 0 Å². The minimum Gasteiger partial charge on any atom is -0.493 e. The number of aromatic nitrogens is 5. The van der Waals surface area contributed by atoms with E-state index in [0.717, 1.165) is 11.4 Å². The second kappa shape index (κ2) is 11.5. The summed E-state index contributed by atoms with van der Waals surface area (Å²) in [7, 11) is 3.57. The van der Waals surface area contributed by atoms with Crippen molar-refractivity contribution >= 4 is 23.5 Å². The van der Waals surface area contributed by atoms with Crippen LogP contribution in [0, 0.1) is 17.8 Å². The number of likely N-dealkylation sites (tertiary alicyclic amines) is 1. The number of ether oxygens (including phenoxy) is 1. The number of carbonyl (C=O) groups is 1. The molecular weight excluding hydrogens is 496 g/mol. The largest absolute Gasteiger partial charge is 0.493 e. The Bertz CT molecular complexity index is 1390. The van der Waals surface area contributed by atoms with Gasteiger partial charge in [0.1, 0.15) is 5.75 Å². The number of anilines is 3. The van der Waals surface area contributed by atoms with Crippen molar-refractivity contribution in [2.24, 2.45) is 17.8 Å². The topological polar surface area (TPSA) is 122 Å². The molecule has 11 heteroatoms. The summed E-state index contributed by atoms with van der Waals surface area (Å²) in [6.07, 6.45) is 0. The molecule has 0 bridgehead atoms. The molecular formula is C28H32N8O3. The van der Waals surface area contributed by atoms with Crippen LogP contribution >= 0.6 is 0 Å². The highest BCUT2D eigenvalue weighted by Crippen LogP contribution is 2.52. The van der Waals surface area contributed by atoms with E-state index in [1.54, 1.807) is 11.9 Å². The first-order chi connectivity index (χ1) is 19.1. The molecule has 2 aromatic heterocycles. The van der Waals surface area contributed by atoms with Crippen LogP contribution in [0.4, 0.5) is 17.6 Å². The van der Waals surface area contributed by atoms with Crippen LogP contribution in [-0.2, 0) is 0 Å². The van der Waals surface area contributed by atoms with E-state index in [1.807, 2.05) is 86.5 Å². The van der Waals surface area contributed by atoms with Crippen LogP contribution in [0.5, 0.6) is 5.75 Å². The second-order valence-corrected chi connectivity index (χ2v) is 9.18. The number of nitrogens with one attached hydrogen (secondary N) is 1. The summed E-state index contributed by atoms with van der Waals surface area (Å²) in [6, 6.07) is 19.5. The lowest BCUT2D eigenvalue weighted by Gasteiger charge is -2.18. The van der Waals surface area contributed by atoms with Gasteiger partial charge in [-0.3, -0.25) is 4.79 Å². The maximum atomic E-state index is 13.1. The van der Waals surface area contributed by atoms with E-state index in [2.05, 4.69) is 30.4 Å². The highest BCUT2D eigenvalue weighted by molar-refractivity contribution is 5.90. The van der Waals surface area contributed by atoms with Gasteiger partial charge in [-0.1, -0.05) is 55.4 Å². The molecule has 1 aliphatic heterocycles. The van der Waals surface area contributed by atoms with Crippen molar-refractivity contribution in [1.82, 2.24) is 30.0 Å². The Balaban J connectivity index is 0.00000151. The Morgan fingerprint density at radius 2 is 1.64 bits per heavy atom. The van der Waals surface area contributed by atoms with Gasteiger partial charge in [0.15, 0.2) is 0 Å². The summed E-state index contributed by atoms with van der Waals surface area (Å²) >= 11 is 0. The van der Waals surface area contributed by atoms with Crippen LogP contribution in [0.15, 0.2) is 65.2 Å². The van der Waals surface area contributed by atoms with Crippen LogP contribution < -0.4 is 15.0 Å². The van der Waals surface area contributed by atoms with E-state index in [0.29, 0.717) is 49.3 Å². The number of piperidine rings is 1. The highest BCUT2D eigenvalue weighted by atomic mass is 16.5. The minimum atomic E-state index is -0.279. The van der Waals surface area contributed by atoms with Crippen LogP contribution in [-0.4, -0.2) is 69.7 Å². The Kier molecular flexibility index (Phi) is 7.67. The van der Waals surface area contributed by atoms with Gasteiger partial charge < -0.3 is 24.4 Å². The molecule has 0 spiro atoms. The maximum Gasteiger partial charge on any atom is 0.316 e. The van der Waals surface area contributed by atoms with Crippen molar-refractivity contribution in [2.45, 2.75) is 13.8 Å². The van der Waals surface area contributed by atoms with Gasteiger partial charge in [-0.2, -0.15) is 19.9 Å². The number of carbonyl (C=O) groups excluding carboxylic acids is 1. The fourth-order valence-corrected chi connectivity index (χ4v) is 4.80. The van der Waals surface area contributed by atoms with Crippen molar-refractivity contribution < 1.29 is 14.1 Å². The van der Waals surface area contributed by atoms with Crippen LogP contribution in [0.1, 0.15) is 24.5 Å². The fourth-order valence-electron chi connectivity index (χ4n) is 4.80. The molecule has 2 fully saturated rings. The molecule has 39 heavy (non-hydrogen) atoms. The Labute approximate surface area is 227 Å². The van der Waals surface area contributed by atoms with Crippen molar-refractivity contribution in [3.8, 4) is 17.4 Å². The van der Waals surface area contributed by atoms with Gasteiger partial charge >= 0.3 is 11.8 Å². The minimum absolute atomic E-state index is 0.0715. The van der Waals surface area contributed by atoms with Gasteiger partial charge in [-0.15, -0.1) is 0 Å². The van der Waals surface area contributed by atoms with E-state index in [-0.39, 0.29) is 23.4 Å². The lowest BCUT2D eigenvalue weighted by atomic mass is 10.2. The number of hydrogen-bond donors (Lipinski definition) is 1. The third kappa shape index (κ3) is 5.52. The average Bonchev–Trinajstić information content (AvgIpc) is 3.35. The van der Waals surface area contributed by atoms with E-state index in [1.165, 1.54) is 0 Å². The first-order valence-electron chi connectivity index (χ1n) is 13.1. The number of amides is 1. The molecule has 2 unspecified atom stereocenters. The Hall–Kier alpha value is -4.54. The van der Waals surface area contributed by atoms with E-state index >= 15 is 0 Å². The molecule has 2 aliphatic rings. The number of para-hydroxylation sites is 2. The van der Waals surface area contributed by atoms with Gasteiger partial charge in [-0.05, 0) is 36.1 Å². The SMILES string of the molecule is CC.CNc1nc(-c2noc(C(=O)N3CC4C(COc5ccccc5)C4C3)n2)nc(N(C)c2ccccc2)n1. The number of nitrogens with zero attached hydrogens (tertiary/aromatic N) is 7. The third-order valence-electron chi connectivity index (χ3n) is 6.94. The van der Waals surface area contributed by atoms with Gasteiger partial charge in [0, 0.05) is 38.8 Å². The van der Waals surface area contributed by atoms with Gasteiger partial charge in [0.05, 0.1) is 6.61 Å². The van der Waals surface area contributed by atoms with E-state index < -0.39 is 0 Å². The average molecular weight is 529 g/mol. The fraction of sp³-hybridized carbons (Fsp3) is 0.357. The molecule has 2 atom stereocenters. The summed E-state index contributed by atoms with van der Waals surface area (Å²) in [5.74, 6) is 2.96. The molecule has 1 amide bonds. The van der Waals surface area contributed by atoms with Crippen LogP contribution in [0.3, 0.4) is 0 Å². The number of rotatable bonds is 8. The molecule has 1 aliphatic carbocycles. The molecule has 1 saturated carbocycles. The standard InChI is InChI=1S/C26H26N8O3.C2H6/c1-27-25-29-21(30-26(31-25)33(2)16-9-5-3-6-10-16)22-28-23(37-32-22)24(35)34-13-18-19(14-34)20(18)15-36-17-11-7-4-8-12-17;1-2/h3-12,18-20H,13-15H2,1-2H3,(H,27,29,30,31);1-2H3. The Morgan fingerprint density at radius 3 is 2.31 bits per heavy atom. The predicted octanol–water partition coefficient (Wildman–Crippen LogP) is 4.15. The van der Waals surface area contributed by atoms with Gasteiger partial charge in [0.2, 0.25) is 23.5 Å². The zero-order valence-corrected chi connectivity index (χ0v) is 22.5. The van der Waals surface area contributed by atoms with Crippen LogP contribution in [0.25, 0.3) is 11.6 Å².